The Balaban J connectivity index is 2.01. The number of nitrogens with two attached hydrogens (primary N) is 1. The first kappa shape index (κ1) is 11.3. The first-order chi connectivity index (χ1) is 7.81. The van der Waals surface area contributed by atoms with Crippen LogP contribution in [0.4, 0.5) is 0 Å². The Kier molecular flexibility index (Phi) is 3.72. The summed E-state index contributed by atoms with van der Waals surface area (Å²) in [6, 6.07) is 0. The monoisotopic (exact) mass is 221 g/mol. The maximum atomic E-state index is 12.1. The van der Waals surface area contributed by atoms with E-state index >= 15 is 0 Å². The minimum absolute atomic E-state index is 0.202. The maximum absolute atomic E-state index is 12.1. The van der Waals surface area contributed by atoms with Crippen molar-refractivity contribution < 1.29 is 4.79 Å². The lowest BCUT2D eigenvalue weighted by atomic mass is 9.88. The van der Waals surface area contributed by atoms with Crippen LogP contribution in [0, 0.1) is 5.92 Å². The van der Waals surface area contributed by atoms with Gasteiger partial charge in [-0.25, -0.2) is 4.98 Å². The fraction of sp³-hybridized carbons (Fsp3) is 0.667. The second-order valence-corrected chi connectivity index (χ2v) is 4.48. The number of aromatic nitrogens is 2. The molecule has 4 nitrogen and oxygen atoms in total. The van der Waals surface area contributed by atoms with Crippen LogP contribution in [0.25, 0.3) is 0 Å². The molecule has 0 aromatic carbocycles. The predicted octanol–water partition coefficient (Wildman–Crippen LogP) is 1.60. The second-order valence-electron chi connectivity index (χ2n) is 4.48. The summed E-state index contributed by atoms with van der Waals surface area (Å²) in [5.41, 5.74) is 6.36. The van der Waals surface area contributed by atoms with Crippen LogP contribution in [0.5, 0.6) is 0 Å². The maximum Gasteiger partial charge on any atom is 0.234 e. The van der Waals surface area contributed by atoms with Crippen molar-refractivity contribution >= 4 is 5.91 Å². The van der Waals surface area contributed by atoms with Crippen LogP contribution in [0.15, 0.2) is 12.5 Å². The summed E-state index contributed by atoms with van der Waals surface area (Å²) in [5.74, 6) is 0.407. The van der Waals surface area contributed by atoms with Crippen molar-refractivity contribution in [3.8, 4) is 0 Å². The minimum atomic E-state index is 0.202. The predicted molar refractivity (Wildman–Crippen MR) is 62.2 cm³/mol. The number of hydrogen-bond donors (Lipinski definition) is 1. The smallest absolute Gasteiger partial charge is 0.234 e. The van der Waals surface area contributed by atoms with E-state index in [9.17, 15) is 4.79 Å². The molecule has 2 N–H and O–H groups in total. The molecule has 0 bridgehead atoms. The van der Waals surface area contributed by atoms with E-state index in [-0.39, 0.29) is 11.8 Å². The van der Waals surface area contributed by atoms with Gasteiger partial charge in [0.2, 0.25) is 5.91 Å². The number of nitrogens with zero attached hydrogens (tertiary/aromatic N) is 2. The van der Waals surface area contributed by atoms with Crippen molar-refractivity contribution in [2.24, 2.45) is 11.7 Å². The van der Waals surface area contributed by atoms with Crippen LogP contribution < -0.4 is 5.73 Å². The van der Waals surface area contributed by atoms with Gasteiger partial charge in [-0.05, 0) is 19.4 Å². The molecule has 0 atom stereocenters. The van der Waals surface area contributed by atoms with Crippen LogP contribution in [-0.2, 0) is 6.42 Å². The molecular weight excluding hydrogens is 202 g/mol. The summed E-state index contributed by atoms with van der Waals surface area (Å²) >= 11 is 0. The number of hydrogen-bond acceptors (Lipinski definition) is 3. The largest absolute Gasteiger partial charge is 0.330 e. The van der Waals surface area contributed by atoms with Crippen molar-refractivity contribution in [1.82, 2.24) is 9.55 Å². The Morgan fingerprint density at radius 2 is 2.19 bits per heavy atom. The first-order valence-electron chi connectivity index (χ1n) is 6.08. The zero-order valence-electron chi connectivity index (χ0n) is 9.56. The molecule has 1 aliphatic carbocycles. The van der Waals surface area contributed by atoms with Crippen molar-refractivity contribution in [2.45, 2.75) is 38.5 Å². The number of rotatable bonds is 3. The van der Waals surface area contributed by atoms with E-state index in [2.05, 4.69) is 4.98 Å². The summed E-state index contributed by atoms with van der Waals surface area (Å²) in [6.07, 6.45) is 9.89. The Morgan fingerprint density at radius 1 is 1.44 bits per heavy atom. The van der Waals surface area contributed by atoms with Gasteiger partial charge in [0.1, 0.15) is 6.33 Å². The lowest BCUT2D eigenvalue weighted by Gasteiger charge is -2.19. The highest BCUT2D eigenvalue weighted by atomic mass is 16.2. The molecule has 16 heavy (non-hydrogen) atoms. The van der Waals surface area contributed by atoms with Crippen LogP contribution in [0.2, 0.25) is 0 Å². The molecule has 2 rings (SSSR count). The van der Waals surface area contributed by atoms with E-state index in [4.69, 9.17) is 5.73 Å². The number of carbonyl (C=O) groups is 1. The summed E-state index contributed by atoms with van der Waals surface area (Å²) in [5, 5.41) is 0. The molecule has 0 spiro atoms. The third-order valence-electron chi connectivity index (χ3n) is 3.25. The van der Waals surface area contributed by atoms with Crippen LogP contribution >= 0.6 is 0 Å². The van der Waals surface area contributed by atoms with Gasteiger partial charge in [-0.1, -0.05) is 19.3 Å². The van der Waals surface area contributed by atoms with E-state index in [0.29, 0.717) is 6.54 Å². The number of imidazole rings is 1. The van der Waals surface area contributed by atoms with Gasteiger partial charge < -0.3 is 5.73 Å². The van der Waals surface area contributed by atoms with E-state index in [1.165, 1.54) is 19.3 Å². The van der Waals surface area contributed by atoms with E-state index in [1.807, 2.05) is 6.20 Å². The molecule has 4 heteroatoms. The molecule has 0 amide bonds. The Bertz CT molecular complexity index is 353. The SMILES string of the molecule is NCCc1cn(C(=O)C2CCCCC2)cn1. The summed E-state index contributed by atoms with van der Waals surface area (Å²) in [4.78, 5) is 16.3. The molecule has 1 aromatic rings. The van der Waals surface area contributed by atoms with Crippen molar-refractivity contribution in [1.29, 1.82) is 0 Å². The molecule has 0 aliphatic heterocycles. The van der Waals surface area contributed by atoms with E-state index < -0.39 is 0 Å². The third-order valence-corrected chi connectivity index (χ3v) is 3.25. The van der Waals surface area contributed by atoms with Gasteiger partial charge in [0.05, 0.1) is 5.69 Å². The van der Waals surface area contributed by atoms with Crippen LogP contribution in [0.3, 0.4) is 0 Å². The highest BCUT2D eigenvalue weighted by Gasteiger charge is 2.22. The summed E-state index contributed by atoms with van der Waals surface area (Å²) in [7, 11) is 0. The van der Waals surface area contributed by atoms with Gasteiger partial charge >= 0.3 is 0 Å². The normalized spacial score (nSPS) is 17.6. The quantitative estimate of drug-likeness (QED) is 0.843. The van der Waals surface area contributed by atoms with Gasteiger partial charge in [-0.3, -0.25) is 9.36 Å². The highest BCUT2D eigenvalue weighted by molar-refractivity contribution is 5.81. The zero-order valence-corrected chi connectivity index (χ0v) is 9.56. The first-order valence-corrected chi connectivity index (χ1v) is 6.08. The molecule has 1 fully saturated rings. The number of carbonyl (C=O) groups excluding carboxylic acids is 1. The second kappa shape index (κ2) is 5.25. The standard InChI is InChI=1S/C12H19N3O/c13-7-6-11-8-15(9-14-11)12(16)10-4-2-1-3-5-10/h8-10H,1-7,13H2. The van der Waals surface area contributed by atoms with Gasteiger partial charge in [0, 0.05) is 18.5 Å². The van der Waals surface area contributed by atoms with E-state index in [1.54, 1.807) is 10.9 Å². The molecule has 0 saturated heterocycles. The molecule has 1 aromatic heterocycles. The van der Waals surface area contributed by atoms with Gasteiger partial charge in [0.15, 0.2) is 0 Å². The van der Waals surface area contributed by atoms with Gasteiger partial charge in [-0.15, -0.1) is 0 Å². The average Bonchev–Trinajstić information content (AvgIpc) is 2.78. The lowest BCUT2D eigenvalue weighted by Crippen LogP contribution is -2.22. The van der Waals surface area contributed by atoms with Crippen molar-refractivity contribution in [2.75, 3.05) is 6.54 Å². The summed E-state index contributed by atoms with van der Waals surface area (Å²) < 4.78 is 1.64. The Labute approximate surface area is 95.9 Å². The van der Waals surface area contributed by atoms with Crippen LogP contribution in [0.1, 0.15) is 42.6 Å². The van der Waals surface area contributed by atoms with Crippen LogP contribution in [-0.4, -0.2) is 22.0 Å². The zero-order chi connectivity index (χ0) is 11.4. The van der Waals surface area contributed by atoms with Gasteiger partial charge in [-0.2, -0.15) is 0 Å². The fourth-order valence-electron chi connectivity index (χ4n) is 2.32. The molecular formula is C12H19N3O. The Hall–Kier alpha value is -1.16. The van der Waals surface area contributed by atoms with Gasteiger partial charge in [0.25, 0.3) is 0 Å². The molecule has 0 unspecified atom stereocenters. The fourth-order valence-corrected chi connectivity index (χ4v) is 2.32. The minimum Gasteiger partial charge on any atom is -0.330 e. The van der Waals surface area contributed by atoms with E-state index in [0.717, 1.165) is 25.0 Å². The summed E-state index contributed by atoms with van der Waals surface area (Å²) in [6.45, 7) is 0.578. The average molecular weight is 221 g/mol. The molecule has 88 valence electrons. The Morgan fingerprint density at radius 3 is 2.88 bits per heavy atom. The molecule has 1 heterocycles. The molecule has 0 radical (unpaired) electrons. The third kappa shape index (κ3) is 2.50. The lowest BCUT2D eigenvalue weighted by molar-refractivity contribution is 0.0801. The van der Waals surface area contributed by atoms with Crippen molar-refractivity contribution in [3.05, 3.63) is 18.2 Å². The molecule has 1 aliphatic rings. The highest BCUT2D eigenvalue weighted by Crippen LogP contribution is 2.25. The molecule has 1 saturated carbocycles. The topological polar surface area (TPSA) is 60.9 Å². The van der Waals surface area contributed by atoms with Crippen molar-refractivity contribution in [3.63, 3.8) is 0 Å².